The summed E-state index contributed by atoms with van der Waals surface area (Å²) < 4.78 is 10.5. The average molecular weight is 260 g/mol. The van der Waals surface area contributed by atoms with Crippen molar-refractivity contribution < 1.29 is 9.47 Å². The molecule has 1 atom stereocenters. The molecule has 0 amide bonds. The molecule has 0 aromatic rings. The summed E-state index contributed by atoms with van der Waals surface area (Å²) >= 11 is 0. The van der Waals surface area contributed by atoms with Crippen LogP contribution in [-0.2, 0) is 9.47 Å². The lowest BCUT2D eigenvalue weighted by atomic mass is 10.2. The normalized spacial score (nSPS) is 13.5. The number of nitrogens with zero attached hydrogens (tertiary/aromatic N) is 1. The monoisotopic (exact) mass is 260 g/mol. The molecule has 1 N–H and O–H groups in total. The van der Waals surface area contributed by atoms with Crippen molar-refractivity contribution >= 4 is 0 Å². The van der Waals surface area contributed by atoms with Crippen LogP contribution in [0.3, 0.4) is 0 Å². The molecule has 0 spiro atoms. The molecule has 0 aromatic heterocycles. The molecule has 0 aliphatic heterocycles. The lowest BCUT2D eigenvalue weighted by Gasteiger charge is -2.32. The number of ether oxygens (including phenoxy) is 2. The van der Waals surface area contributed by atoms with Gasteiger partial charge in [-0.1, -0.05) is 0 Å². The Morgan fingerprint density at radius 1 is 1.17 bits per heavy atom. The summed E-state index contributed by atoms with van der Waals surface area (Å²) in [5, 5.41) is 3.49. The zero-order valence-electron chi connectivity index (χ0n) is 12.9. The average Bonchev–Trinajstić information content (AvgIpc) is 2.33. The van der Waals surface area contributed by atoms with Crippen LogP contribution in [-0.4, -0.2) is 63.5 Å². The Kier molecular flexibility index (Phi) is 11.8. The van der Waals surface area contributed by atoms with Gasteiger partial charge in [-0.15, -0.1) is 0 Å². The van der Waals surface area contributed by atoms with Crippen LogP contribution >= 0.6 is 0 Å². The first kappa shape index (κ1) is 17.8. The number of hydrogen-bond donors (Lipinski definition) is 1. The summed E-state index contributed by atoms with van der Waals surface area (Å²) in [6.07, 6.45) is 1.08. The van der Waals surface area contributed by atoms with Gasteiger partial charge in [0.1, 0.15) is 0 Å². The Morgan fingerprint density at radius 3 is 2.44 bits per heavy atom. The van der Waals surface area contributed by atoms with Crippen LogP contribution in [0.4, 0.5) is 0 Å². The van der Waals surface area contributed by atoms with Crippen LogP contribution in [0.15, 0.2) is 0 Å². The lowest BCUT2D eigenvalue weighted by Crippen LogP contribution is -2.45. The van der Waals surface area contributed by atoms with Gasteiger partial charge < -0.3 is 14.8 Å². The Hall–Kier alpha value is -0.160. The van der Waals surface area contributed by atoms with Crippen LogP contribution in [0.5, 0.6) is 0 Å². The van der Waals surface area contributed by atoms with Crippen molar-refractivity contribution in [2.24, 2.45) is 0 Å². The first-order chi connectivity index (χ1) is 8.63. The van der Waals surface area contributed by atoms with E-state index in [1.807, 2.05) is 6.92 Å². The van der Waals surface area contributed by atoms with Crippen molar-refractivity contribution in [3.63, 3.8) is 0 Å². The minimum Gasteiger partial charge on any atom is -0.383 e. The summed E-state index contributed by atoms with van der Waals surface area (Å²) in [7, 11) is 1.76. The van der Waals surface area contributed by atoms with Gasteiger partial charge in [-0.2, -0.15) is 0 Å². The highest BCUT2D eigenvalue weighted by Gasteiger charge is 2.15. The van der Waals surface area contributed by atoms with Crippen LogP contribution in [0.2, 0.25) is 0 Å². The van der Waals surface area contributed by atoms with E-state index < -0.39 is 0 Å². The predicted octanol–water partition coefficient (Wildman–Crippen LogP) is 1.75. The first-order valence-corrected chi connectivity index (χ1v) is 7.16. The van der Waals surface area contributed by atoms with E-state index in [1.54, 1.807) is 7.11 Å². The second-order valence-corrected chi connectivity index (χ2v) is 4.93. The van der Waals surface area contributed by atoms with E-state index in [4.69, 9.17) is 9.47 Å². The molecule has 1 unspecified atom stereocenters. The molecule has 0 radical (unpaired) electrons. The van der Waals surface area contributed by atoms with Gasteiger partial charge in [0.15, 0.2) is 0 Å². The smallest absolute Gasteiger partial charge is 0.0589 e. The highest BCUT2D eigenvalue weighted by atomic mass is 16.5. The molecule has 0 saturated heterocycles. The maximum absolute atomic E-state index is 5.31. The van der Waals surface area contributed by atoms with E-state index >= 15 is 0 Å². The molecule has 0 fully saturated rings. The van der Waals surface area contributed by atoms with Crippen molar-refractivity contribution in [3.05, 3.63) is 0 Å². The zero-order valence-corrected chi connectivity index (χ0v) is 12.9. The largest absolute Gasteiger partial charge is 0.383 e. The minimum absolute atomic E-state index is 0.534. The third-order valence-electron chi connectivity index (χ3n) is 3.07. The predicted molar refractivity (Wildman–Crippen MR) is 77.2 cm³/mol. The minimum atomic E-state index is 0.534. The molecule has 18 heavy (non-hydrogen) atoms. The Bertz CT molecular complexity index is 177. The maximum atomic E-state index is 5.31. The highest BCUT2D eigenvalue weighted by molar-refractivity contribution is 4.72. The molecule has 4 heteroatoms. The van der Waals surface area contributed by atoms with E-state index in [2.05, 4.69) is 31.0 Å². The molecule has 0 rings (SSSR count). The Morgan fingerprint density at radius 2 is 1.89 bits per heavy atom. The fourth-order valence-corrected chi connectivity index (χ4v) is 2.06. The summed E-state index contributed by atoms with van der Waals surface area (Å²) in [5.74, 6) is 0. The van der Waals surface area contributed by atoms with E-state index in [9.17, 15) is 0 Å². The molecule has 110 valence electrons. The molecule has 0 aliphatic carbocycles. The van der Waals surface area contributed by atoms with Gasteiger partial charge in [-0.05, 0) is 40.7 Å². The fourth-order valence-electron chi connectivity index (χ4n) is 2.06. The molecule has 0 aromatic carbocycles. The summed E-state index contributed by atoms with van der Waals surface area (Å²) in [4.78, 5) is 2.47. The molecule has 0 aliphatic rings. The molecule has 4 nitrogen and oxygen atoms in total. The van der Waals surface area contributed by atoms with Crippen LogP contribution in [0, 0.1) is 0 Å². The van der Waals surface area contributed by atoms with Crippen molar-refractivity contribution in [2.45, 2.75) is 46.2 Å². The maximum Gasteiger partial charge on any atom is 0.0589 e. The third-order valence-corrected chi connectivity index (χ3v) is 3.07. The molecule has 0 saturated carbocycles. The van der Waals surface area contributed by atoms with Gasteiger partial charge in [0, 0.05) is 45.5 Å². The standard InChI is InChI=1S/C14H32N2O2/c1-6-18-10-7-8-15-12-14(4)16(13(2)3)9-11-17-5/h13-15H,6-12H2,1-5H3. The van der Waals surface area contributed by atoms with E-state index in [0.29, 0.717) is 12.1 Å². The topological polar surface area (TPSA) is 33.7 Å². The van der Waals surface area contributed by atoms with Gasteiger partial charge in [0.25, 0.3) is 0 Å². The molecule has 0 heterocycles. The van der Waals surface area contributed by atoms with Crippen LogP contribution < -0.4 is 5.32 Å². The fraction of sp³-hybridized carbons (Fsp3) is 1.00. The Balaban J connectivity index is 3.71. The van der Waals surface area contributed by atoms with Crippen LogP contribution in [0.1, 0.15) is 34.1 Å². The quantitative estimate of drug-likeness (QED) is 0.542. The van der Waals surface area contributed by atoms with E-state index in [-0.39, 0.29) is 0 Å². The molecule has 0 bridgehead atoms. The second kappa shape index (κ2) is 11.9. The van der Waals surface area contributed by atoms with Gasteiger partial charge in [0.05, 0.1) is 6.61 Å². The number of hydrogen-bond acceptors (Lipinski definition) is 4. The van der Waals surface area contributed by atoms with E-state index in [0.717, 1.165) is 45.9 Å². The third kappa shape index (κ3) is 8.86. The summed E-state index contributed by atoms with van der Waals surface area (Å²) in [6, 6.07) is 1.09. The van der Waals surface area contributed by atoms with Gasteiger partial charge >= 0.3 is 0 Å². The summed E-state index contributed by atoms with van der Waals surface area (Å²) in [6.45, 7) is 14.3. The summed E-state index contributed by atoms with van der Waals surface area (Å²) in [5.41, 5.74) is 0. The number of rotatable bonds is 12. The molecular formula is C14H32N2O2. The van der Waals surface area contributed by atoms with Crippen molar-refractivity contribution in [2.75, 3.05) is 46.6 Å². The number of methoxy groups -OCH3 is 1. The molecular weight excluding hydrogens is 228 g/mol. The van der Waals surface area contributed by atoms with Crippen molar-refractivity contribution in [1.29, 1.82) is 0 Å². The first-order valence-electron chi connectivity index (χ1n) is 7.16. The SMILES string of the molecule is CCOCCCNCC(C)N(CCOC)C(C)C. The zero-order chi connectivity index (χ0) is 13.8. The number of nitrogens with one attached hydrogen (secondary N) is 1. The van der Waals surface area contributed by atoms with Crippen molar-refractivity contribution in [3.8, 4) is 0 Å². The van der Waals surface area contributed by atoms with E-state index in [1.165, 1.54) is 0 Å². The van der Waals surface area contributed by atoms with Gasteiger partial charge in [-0.25, -0.2) is 0 Å². The highest BCUT2D eigenvalue weighted by Crippen LogP contribution is 2.04. The van der Waals surface area contributed by atoms with Gasteiger partial charge in [0.2, 0.25) is 0 Å². The Labute approximate surface area is 113 Å². The second-order valence-electron chi connectivity index (χ2n) is 4.93. The van der Waals surface area contributed by atoms with Crippen LogP contribution in [0.25, 0.3) is 0 Å². The lowest BCUT2D eigenvalue weighted by molar-refractivity contribution is 0.100. The van der Waals surface area contributed by atoms with Gasteiger partial charge in [-0.3, -0.25) is 4.90 Å². The van der Waals surface area contributed by atoms with Crippen molar-refractivity contribution in [1.82, 2.24) is 10.2 Å².